The number of carboxylic acid groups (broad SMARTS) is 1. The van der Waals surface area contributed by atoms with Crippen molar-refractivity contribution in [3.8, 4) is 5.75 Å². The number of ether oxygens (including phenoxy) is 1. The number of hydrogen-bond acceptors (Lipinski definition) is 5. The molecule has 0 atom stereocenters. The van der Waals surface area contributed by atoms with Crippen molar-refractivity contribution in [2.45, 2.75) is 6.61 Å². The molecule has 35 heavy (non-hydrogen) atoms. The first kappa shape index (κ1) is 24.0. The largest absolute Gasteiger partial charge is 0.487 e. The van der Waals surface area contributed by atoms with Gasteiger partial charge >= 0.3 is 12.0 Å². The number of benzene rings is 3. The van der Waals surface area contributed by atoms with E-state index >= 15 is 0 Å². The van der Waals surface area contributed by atoms with Crippen LogP contribution in [0.4, 0.5) is 10.5 Å². The number of barbiturate groups is 1. The summed E-state index contributed by atoms with van der Waals surface area (Å²) in [6.45, 7) is 0.0837. The fraction of sp³-hybridized carbons (Fsp3) is 0.0400. The van der Waals surface area contributed by atoms with Crippen LogP contribution in [-0.4, -0.2) is 28.9 Å². The third-order valence-corrected chi connectivity index (χ3v) is 5.57. The minimum atomic E-state index is -1.04. The summed E-state index contributed by atoms with van der Waals surface area (Å²) in [6.07, 6.45) is 1.32. The van der Waals surface area contributed by atoms with Crippen LogP contribution in [0.3, 0.4) is 0 Å². The van der Waals surface area contributed by atoms with Crippen molar-refractivity contribution in [3.63, 3.8) is 0 Å². The van der Waals surface area contributed by atoms with E-state index in [9.17, 15) is 19.2 Å². The summed E-state index contributed by atoms with van der Waals surface area (Å²) in [5.41, 5.74) is 1.21. The van der Waals surface area contributed by atoms with Gasteiger partial charge in [-0.2, -0.15) is 0 Å². The van der Waals surface area contributed by atoms with E-state index in [1.54, 1.807) is 24.3 Å². The fourth-order valence-electron chi connectivity index (χ4n) is 3.33. The normalized spacial score (nSPS) is 14.7. The van der Waals surface area contributed by atoms with Gasteiger partial charge in [0, 0.05) is 5.02 Å². The molecule has 1 fully saturated rings. The molecule has 8 nitrogen and oxygen atoms in total. The predicted molar refractivity (Wildman–Crippen MR) is 130 cm³/mol. The van der Waals surface area contributed by atoms with Crippen LogP contribution in [0.5, 0.6) is 5.75 Å². The molecule has 0 bridgehead atoms. The Bertz CT molecular complexity index is 1380. The van der Waals surface area contributed by atoms with E-state index in [0.29, 0.717) is 21.9 Å². The second kappa shape index (κ2) is 10.0. The van der Waals surface area contributed by atoms with E-state index in [0.717, 1.165) is 4.90 Å². The molecule has 2 N–H and O–H groups in total. The van der Waals surface area contributed by atoms with Gasteiger partial charge < -0.3 is 9.84 Å². The molecule has 1 heterocycles. The lowest BCUT2D eigenvalue weighted by Gasteiger charge is -2.26. The smallest absolute Gasteiger partial charge is 0.335 e. The van der Waals surface area contributed by atoms with Gasteiger partial charge in [-0.3, -0.25) is 14.9 Å². The summed E-state index contributed by atoms with van der Waals surface area (Å²) in [5, 5.41) is 11.9. The van der Waals surface area contributed by atoms with Crippen molar-refractivity contribution < 1.29 is 29.0 Å². The molecule has 0 unspecified atom stereocenters. The second-order valence-electron chi connectivity index (χ2n) is 7.42. The lowest BCUT2D eigenvalue weighted by Crippen LogP contribution is -2.54. The summed E-state index contributed by atoms with van der Waals surface area (Å²) in [7, 11) is 0. The summed E-state index contributed by atoms with van der Waals surface area (Å²) >= 11 is 12.2. The van der Waals surface area contributed by atoms with Crippen molar-refractivity contribution in [1.82, 2.24) is 5.32 Å². The van der Waals surface area contributed by atoms with E-state index in [1.165, 1.54) is 48.5 Å². The third-order valence-electron chi connectivity index (χ3n) is 5.02. The minimum absolute atomic E-state index is 0.0837. The molecule has 3 aromatic rings. The first-order valence-corrected chi connectivity index (χ1v) is 10.9. The van der Waals surface area contributed by atoms with Crippen LogP contribution in [-0.2, 0) is 16.2 Å². The molecule has 0 aromatic heterocycles. The number of urea groups is 1. The highest BCUT2D eigenvalue weighted by Gasteiger charge is 2.36. The highest BCUT2D eigenvalue weighted by Crippen LogP contribution is 2.29. The van der Waals surface area contributed by atoms with Crippen molar-refractivity contribution in [2.24, 2.45) is 0 Å². The predicted octanol–water partition coefficient (Wildman–Crippen LogP) is 4.94. The van der Waals surface area contributed by atoms with Crippen LogP contribution in [0.1, 0.15) is 21.5 Å². The summed E-state index contributed by atoms with van der Waals surface area (Å²) in [4.78, 5) is 49.6. The molecule has 1 aliphatic heterocycles. The van der Waals surface area contributed by atoms with Crippen molar-refractivity contribution in [3.05, 3.63) is 99.0 Å². The van der Waals surface area contributed by atoms with E-state index in [4.69, 9.17) is 33.0 Å². The fourth-order valence-corrected chi connectivity index (χ4v) is 3.70. The Morgan fingerprint density at radius 3 is 2.43 bits per heavy atom. The summed E-state index contributed by atoms with van der Waals surface area (Å²) < 4.78 is 5.69. The van der Waals surface area contributed by atoms with Crippen LogP contribution in [0, 0.1) is 0 Å². The number of carbonyl (C=O) groups excluding carboxylic acids is 3. The van der Waals surface area contributed by atoms with Crippen molar-refractivity contribution in [2.75, 3.05) is 4.90 Å². The number of carbonyl (C=O) groups is 4. The van der Waals surface area contributed by atoms with Gasteiger partial charge in [0.15, 0.2) is 0 Å². The standard InChI is InChI=1S/C25H16Cl2N2O6/c26-17-5-7-18(8-6-17)29-23(31)19(22(30)28-25(29)34)11-14-4-9-21(20(27)12-14)35-13-15-2-1-3-16(10-15)24(32)33/h1-12H,13H2,(H,32,33)(H,28,30,34)/b19-11+. The molecule has 0 aliphatic carbocycles. The highest BCUT2D eigenvalue weighted by molar-refractivity contribution is 6.39. The highest BCUT2D eigenvalue weighted by atomic mass is 35.5. The number of nitrogens with zero attached hydrogens (tertiary/aromatic N) is 1. The Balaban J connectivity index is 1.54. The van der Waals surface area contributed by atoms with E-state index in [-0.39, 0.29) is 28.5 Å². The molecule has 1 saturated heterocycles. The maximum absolute atomic E-state index is 13.0. The van der Waals surface area contributed by atoms with Crippen molar-refractivity contribution >= 4 is 58.8 Å². The number of carboxylic acids is 1. The topological polar surface area (TPSA) is 113 Å². The van der Waals surface area contributed by atoms with E-state index in [2.05, 4.69) is 5.32 Å². The zero-order chi connectivity index (χ0) is 25.1. The zero-order valence-corrected chi connectivity index (χ0v) is 19.3. The molecule has 0 radical (unpaired) electrons. The molecule has 0 saturated carbocycles. The van der Waals surface area contributed by atoms with Gasteiger partial charge in [0.2, 0.25) is 0 Å². The number of rotatable bonds is 6. The summed E-state index contributed by atoms with van der Waals surface area (Å²) in [5.74, 6) is -2.34. The van der Waals surface area contributed by atoms with Crippen LogP contribution in [0.2, 0.25) is 10.0 Å². The maximum atomic E-state index is 13.0. The Morgan fingerprint density at radius 2 is 1.74 bits per heavy atom. The number of anilines is 1. The van der Waals surface area contributed by atoms with Gasteiger partial charge in [0.1, 0.15) is 17.9 Å². The molecular formula is C25H16Cl2N2O6. The van der Waals surface area contributed by atoms with Gasteiger partial charge in [0.05, 0.1) is 16.3 Å². The monoisotopic (exact) mass is 510 g/mol. The molecular weight excluding hydrogens is 495 g/mol. The molecule has 176 valence electrons. The zero-order valence-electron chi connectivity index (χ0n) is 17.8. The number of hydrogen-bond donors (Lipinski definition) is 2. The van der Waals surface area contributed by atoms with Gasteiger partial charge in [0.25, 0.3) is 11.8 Å². The average Bonchev–Trinajstić information content (AvgIpc) is 2.82. The van der Waals surface area contributed by atoms with Crippen LogP contribution >= 0.6 is 23.2 Å². The Hall–Kier alpha value is -4.14. The first-order chi connectivity index (χ1) is 16.7. The average molecular weight is 511 g/mol. The van der Waals surface area contributed by atoms with Gasteiger partial charge in [-0.05, 0) is 65.7 Å². The second-order valence-corrected chi connectivity index (χ2v) is 8.26. The van der Waals surface area contributed by atoms with Crippen LogP contribution in [0.15, 0.2) is 72.3 Å². The number of amides is 4. The van der Waals surface area contributed by atoms with E-state index in [1.807, 2.05) is 0 Å². The molecule has 3 aromatic carbocycles. The number of nitrogens with one attached hydrogen (secondary N) is 1. The van der Waals surface area contributed by atoms with Crippen LogP contribution in [0.25, 0.3) is 6.08 Å². The molecule has 4 rings (SSSR count). The SMILES string of the molecule is O=C1NC(=O)N(c2ccc(Cl)cc2)C(=O)/C1=C/c1ccc(OCc2cccc(C(=O)O)c2)c(Cl)c1. The van der Waals surface area contributed by atoms with Gasteiger partial charge in [-0.25, -0.2) is 14.5 Å². The first-order valence-electron chi connectivity index (χ1n) is 10.1. The third kappa shape index (κ3) is 5.34. The minimum Gasteiger partial charge on any atom is -0.487 e. The van der Waals surface area contributed by atoms with E-state index < -0.39 is 23.8 Å². The maximum Gasteiger partial charge on any atom is 0.335 e. The van der Waals surface area contributed by atoms with Gasteiger partial charge in [-0.15, -0.1) is 0 Å². The lowest BCUT2D eigenvalue weighted by molar-refractivity contribution is -0.122. The van der Waals surface area contributed by atoms with Crippen molar-refractivity contribution in [1.29, 1.82) is 0 Å². The Morgan fingerprint density at radius 1 is 1.00 bits per heavy atom. The summed E-state index contributed by atoms with van der Waals surface area (Å²) in [6, 6.07) is 16.1. The molecule has 10 heteroatoms. The quantitative estimate of drug-likeness (QED) is 0.358. The number of imide groups is 2. The molecule has 0 spiro atoms. The number of aromatic carboxylic acids is 1. The number of halogens is 2. The Labute approximate surface area is 209 Å². The Kier molecular flexibility index (Phi) is 6.86. The van der Waals surface area contributed by atoms with Gasteiger partial charge in [-0.1, -0.05) is 41.4 Å². The lowest BCUT2D eigenvalue weighted by atomic mass is 10.1. The molecule has 1 aliphatic rings. The molecule has 4 amide bonds. The van der Waals surface area contributed by atoms with Crippen LogP contribution < -0.4 is 15.0 Å².